The number of ether oxygens (including phenoxy) is 1. The van der Waals surface area contributed by atoms with Crippen LogP contribution in [-0.4, -0.2) is 17.2 Å². The topological polar surface area (TPSA) is 56.3 Å². The van der Waals surface area contributed by atoms with Gasteiger partial charge in [-0.1, -0.05) is 0 Å². The van der Waals surface area contributed by atoms with Crippen LogP contribution >= 0.6 is 11.3 Å². The summed E-state index contributed by atoms with van der Waals surface area (Å²) in [5.41, 5.74) is 0.609. The molecule has 0 saturated heterocycles. The summed E-state index contributed by atoms with van der Waals surface area (Å²) in [6.07, 6.45) is 0.669. The van der Waals surface area contributed by atoms with Crippen LogP contribution in [-0.2, 0) is 16.1 Å². The molecular formula is C7H7NO3S. The zero-order valence-corrected chi connectivity index (χ0v) is 7.26. The van der Waals surface area contributed by atoms with Crippen molar-refractivity contribution in [3.05, 3.63) is 16.1 Å². The lowest BCUT2D eigenvalue weighted by molar-refractivity contribution is -0.142. The van der Waals surface area contributed by atoms with Crippen LogP contribution in [0.4, 0.5) is 0 Å². The van der Waals surface area contributed by atoms with Crippen LogP contribution in [0.2, 0.25) is 0 Å². The van der Waals surface area contributed by atoms with Crippen molar-refractivity contribution in [2.75, 3.05) is 0 Å². The van der Waals surface area contributed by atoms with Gasteiger partial charge in [0.1, 0.15) is 6.61 Å². The zero-order chi connectivity index (χ0) is 8.97. The quantitative estimate of drug-likeness (QED) is 0.521. The fourth-order valence-electron chi connectivity index (χ4n) is 0.619. The van der Waals surface area contributed by atoms with Gasteiger partial charge in [0, 0.05) is 12.3 Å². The smallest absolute Gasteiger partial charge is 0.303 e. The zero-order valence-electron chi connectivity index (χ0n) is 6.44. The van der Waals surface area contributed by atoms with Crippen molar-refractivity contribution in [2.45, 2.75) is 13.5 Å². The van der Waals surface area contributed by atoms with Crippen molar-refractivity contribution in [1.82, 2.24) is 4.98 Å². The highest BCUT2D eigenvalue weighted by Crippen LogP contribution is 2.07. The second-order valence-electron chi connectivity index (χ2n) is 2.08. The normalized spacial score (nSPS) is 9.42. The summed E-state index contributed by atoms with van der Waals surface area (Å²) in [7, 11) is 0. The van der Waals surface area contributed by atoms with Crippen LogP contribution in [0, 0.1) is 0 Å². The highest BCUT2D eigenvalue weighted by Gasteiger charge is 2.01. The van der Waals surface area contributed by atoms with Crippen molar-refractivity contribution in [3.8, 4) is 0 Å². The van der Waals surface area contributed by atoms with Crippen molar-refractivity contribution in [2.24, 2.45) is 0 Å². The molecule has 0 atom stereocenters. The van der Waals surface area contributed by atoms with Gasteiger partial charge in [0.25, 0.3) is 0 Å². The van der Waals surface area contributed by atoms with E-state index in [1.165, 1.54) is 18.3 Å². The van der Waals surface area contributed by atoms with Crippen molar-refractivity contribution in [1.29, 1.82) is 0 Å². The molecule has 0 N–H and O–H groups in total. The second-order valence-corrected chi connectivity index (χ2v) is 2.96. The van der Waals surface area contributed by atoms with Gasteiger partial charge in [-0.3, -0.25) is 9.59 Å². The summed E-state index contributed by atoms with van der Waals surface area (Å²) in [6.45, 7) is 1.46. The molecule has 1 rings (SSSR count). The Morgan fingerprint density at radius 2 is 2.58 bits per heavy atom. The maximum absolute atomic E-state index is 10.4. The van der Waals surface area contributed by atoms with E-state index in [-0.39, 0.29) is 12.6 Å². The highest BCUT2D eigenvalue weighted by atomic mass is 32.1. The number of carbonyl (C=O) groups is 2. The SMILES string of the molecule is CC(=O)OCc1csc(C=O)n1. The van der Waals surface area contributed by atoms with E-state index < -0.39 is 0 Å². The third-order valence-electron chi connectivity index (χ3n) is 1.09. The average molecular weight is 185 g/mol. The molecule has 0 amide bonds. The van der Waals surface area contributed by atoms with E-state index in [1.807, 2.05) is 0 Å². The summed E-state index contributed by atoms with van der Waals surface area (Å²) < 4.78 is 4.68. The van der Waals surface area contributed by atoms with E-state index in [0.717, 1.165) is 0 Å². The third-order valence-corrected chi connectivity index (χ3v) is 1.91. The molecule has 1 aromatic heterocycles. The molecule has 5 heteroatoms. The maximum atomic E-state index is 10.4. The lowest BCUT2D eigenvalue weighted by Gasteiger charge is -1.95. The van der Waals surface area contributed by atoms with Crippen molar-refractivity contribution >= 4 is 23.6 Å². The van der Waals surface area contributed by atoms with Crippen LogP contribution in [0.1, 0.15) is 22.4 Å². The standard InChI is InChI=1S/C7H7NO3S/c1-5(10)11-3-6-4-12-7(2-9)8-6/h2,4H,3H2,1H3. The number of aromatic nitrogens is 1. The summed E-state index contributed by atoms with van der Waals surface area (Å²) in [6, 6.07) is 0. The van der Waals surface area contributed by atoms with Crippen LogP contribution in [0.3, 0.4) is 0 Å². The molecule has 0 unspecified atom stereocenters. The Hall–Kier alpha value is -1.23. The van der Waals surface area contributed by atoms with E-state index in [9.17, 15) is 9.59 Å². The molecule has 64 valence electrons. The Kier molecular flexibility index (Phi) is 2.93. The van der Waals surface area contributed by atoms with Gasteiger partial charge in [-0.25, -0.2) is 4.98 Å². The Morgan fingerprint density at radius 3 is 3.08 bits per heavy atom. The van der Waals surface area contributed by atoms with E-state index in [0.29, 0.717) is 17.0 Å². The molecular weight excluding hydrogens is 178 g/mol. The van der Waals surface area contributed by atoms with Gasteiger partial charge >= 0.3 is 5.97 Å². The maximum Gasteiger partial charge on any atom is 0.303 e. The Bertz CT molecular complexity index is 295. The molecule has 0 aliphatic heterocycles. The number of hydrogen-bond acceptors (Lipinski definition) is 5. The van der Waals surface area contributed by atoms with Gasteiger partial charge in [-0.2, -0.15) is 0 Å². The van der Waals surface area contributed by atoms with Gasteiger partial charge in [0.05, 0.1) is 5.69 Å². The van der Waals surface area contributed by atoms with Gasteiger partial charge < -0.3 is 4.74 Å². The van der Waals surface area contributed by atoms with E-state index in [4.69, 9.17) is 0 Å². The molecule has 1 heterocycles. The molecule has 4 nitrogen and oxygen atoms in total. The van der Waals surface area contributed by atoms with Crippen molar-refractivity contribution in [3.63, 3.8) is 0 Å². The molecule has 0 spiro atoms. The Balaban J connectivity index is 2.52. The van der Waals surface area contributed by atoms with Crippen LogP contribution in [0.5, 0.6) is 0 Å². The van der Waals surface area contributed by atoms with Crippen molar-refractivity contribution < 1.29 is 14.3 Å². The first-order valence-electron chi connectivity index (χ1n) is 3.25. The lowest BCUT2D eigenvalue weighted by atomic mass is 10.5. The molecule has 12 heavy (non-hydrogen) atoms. The van der Waals surface area contributed by atoms with Gasteiger partial charge in [-0.05, 0) is 0 Å². The second kappa shape index (κ2) is 3.96. The Morgan fingerprint density at radius 1 is 1.83 bits per heavy atom. The fourth-order valence-corrected chi connectivity index (χ4v) is 1.22. The number of esters is 1. The third kappa shape index (κ3) is 2.43. The largest absolute Gasteiger partial charge is 0.459 e. The van der Waals surface area contributed by atoms with Gasteiger partial charge in [0.15, 0.2) is 11.3 Å². The predicted octanol–water partition coefficient (Wildman–Crippen LogP) is 1.02. The van der Waals surface area contributed by atoms with E-state index >= 15 is 0 Å². The minimum absolute atomic E-state index is 0.139. The van der Waals surface area contributed by atoms with E-state index in [1.54, 1.807) is 5.38 Å². The number of aldehydes is 1. The minimum atomic E-state index is -0.351. The van der Waals surface area contributed by atoms with E-state index in [2.05, 4.69) is 9.72 Å². The first-order valence-corrected chi connectivity index (χ1v) is 4.13. The molecule has 0 aromatic carbocycles. The van der Waals surface area contributed by atoms with Gasteiger partial charge in [0.2, 0.25) is 0 Å². The number of rotatable bonds is 3. The summed E-state index contributed by atoms with van der Waals surface area (Å²) in [4.78, 5) is 24.4. The Labute approximate surface area is 73.2 Å². The summed E-state index contributed by atoms with van der Waals surface area (Å²) in [5, 5.41) is 2.09. The first-order chi connectivity index (χ1) is 5.72. The highest BCUT2D eigenvalue weighted by molar-refractivity contribution is 7.11. The van der Waals surface area contributed by atoms with Crippen LogP contribution in [0.15, 0.2) is 5.38 Å². The van der Waals surface area contributed by atoms with Crippen LogP contribution in [0.25, 0.3) is 0 Å². The molecule has 0 radical (unpaired) electrons. The monoisotopic (exact) mass is 185 g/mol. The predicted molar refractivity (Wildman–Crippen MR) is 43.0 cm³/mol. The first kappa shape index (κ1) is 8.86. The molecule has 0 aliphatic carbocycles. The number of hydrogen-bond donors (Lipinski definition) is 0. The summed E-state index contributed by atoms with van der Waals surface area (Å²) in [5.74, 6) is -0.351. The number of nitrogens with zero attached hydrogens (tertiary/aromatic N) is 1. The molecule has 0 bridgehead atoms. The minimum Gasteiger partial charge on any atom is -0.459 e. The molecule has 0 aliphatic rings. The molecule has 0 fully saturated rings. The molecule has 1 aromatic rings. The fraction of sp³-hybridized carbons (Fsp3) is 0.286. The number of carbonyl (C=O) groups excluding carboxylic acids is 2. The summed E-state index contributed by atoms with van der Waals surface area (Å²) >= 11 is 1.23. The number of thiazole rings is 1. The average Bonchev–Trinajstić information content (AvgIpc) is 2.48. The van der Waals surface area contributed by atoms with Crippen LogP contribution < -0.4 is 0 Å². The van der Waals surface area contributed by atoms with Gasteiger partial charge in [-0.15, -0.1) is 11.3 Å². The lowest BCUT2D eigenvalue weighted by Crippen LogP contribution is -1.98. The molecule has 0 saturated carbocycles.